The second-order valence-electron chi connectivity index (χ2n) is 8.44. The van der Waals surface area contributed by atoms with Gasteiger partial charge in [0.25, 0.3) is 11.5 Å². The van der Waals surface area contributed by atoms with E-state index >= 15 is 0 Å². The van der Waals surface area contributed by atoms with Gasteiger partial charge in [-0.2, -0.15) is 5.10 Å². The van der Waals surface area contributed by atoms with Gasteiger partial charge in [0.15, 0.2) is 5.69 Å². The molecule has 1 amide bonds. The summed E-state index contributed by atoms with van der Waals surface area (Å²) in [7, 11) is 0. The van der Waals surface area contributed by atoms with E-state index in [-0.39, 0.29) is 23.3 Å². The summed E-state index contributed by atoms with van der Waals surface area (Å²) in [6.45, 7) is 3.35. The molecule has 1 fully saturated rings. The van der Waals surface area contributed by atoms with Crippen LogP contribution in [0.5, 0.6) is 0 Å². The minimum absolute atomic E-state index is 0.000217. The second-order valence-corrected chi connectivity index (χ2v) is 8.44. The van der Waals surface area contributed by atoms with Crippen LogP contribution in [0.3, 0.4) is 0 Å². The number of H-pyrrole nitrogens is 1. The van der Waals surface area contributed by atoms with E-state index in [1.54, 1.807) is 18.2 Å². The molecule has 2 aromatic heterocycles. The summed E-state index contributed by atoms with van der Waals surface area (Å²) in [6.07, 6.45) is 4.87. The Morgan fingerprint density at radius 3 is 2.85 bits per heavy atom. The van der Waals surface area contributed by atoms with E-state index < -0.39 is 0 Å². The zero-order chi connectivity index (χ0) is 22.8. The lowest BCUT2D eigenvalue weighted by molar-refractivity contribution is 0.102. The van der Waals surface area contributed by atoms with E-state index in [9.17, 15) is 9.59 Å². The van der Waals surface area contributed by atoms with Gasteiger partial charge >= 0.3 is 0 Å². The van der Waals surface area contributed by atoms with Gasteiger partial charge in [-0.25, -0.2) is 9.67 Å². The predicted octanol–water partition coefficient (Wildman–Crippen LogP) is 4.57. The SMILES string of the molecule is CCCCCn1nc(C(=O)Nc2ccc3nc(C4CCCO4)[nH]c3c2)c2ccccc2c1=O. The molecule has 8 heteroatoms. The predicted molar refractivity (Wildman–Crippen MR) is 128 cm³/mol. The molecule has 4 aromatic rings. The maximum absolute atomic E-state index is 13.2. The Morgan fingerprint density at radius 1 is 1.21 bits per heavy atom. The molecule has 2 aromatic carbocycles. The third-order valence-electron chi connectivity index (χ3n) is 6.05. The first-order valence-corrected chi connectivity index (χ1v) is 11.6. The van der Waals surface area contributed by atoms with Crippen molar-refractivity contribution in [3.8, 4) is 0 Å². The van der Waals surface area contributed by atoms with Gasteiger partial charge in [-0.1, -0.05) is 38.0 Å². The highest BCUT2D eigenvalue weighted by Crippen LogP contribution is 2.29. The molecule has 1 saturated heterocycles. The number of aryl methyl sites for hydroxylation is 1. The number of carbonyl (C=O) groups is 1. The third-order valence-corrected chi connectivity index (χ3v) is 6.05. The van der Waals surface area contributed by atoms with Gasteiger partial charge in [0, 0.05) is 24.2 Å². The normalized spacial score (nSPS) is 16.0. The van der Waals surface area contributed by atoms with Gasteiger partial charge in [0.2, 0.25) is 0 Å². The van der Waals surface area contributed by atoms with Crippen LogP contribution in [0.15, 0.2) is 47.3 Å². The van der Waals surface area contributed by atoms with Crippen LogP contribution in [0.1, 0.15) is 61.4 Å². The Labute approximate surface area is 191 Å². The van der Waals surface area contributed by atoms with Crippen LogP contribution in [0.25, 0.3) is 21.8 Å². The number of hydrogen-bond donors (Lipinski definition) is 2. The van der Waals surface area contributed by atoms with E-state index in [2.05, 4.69) is 27.3 Å². The maximum Gasteiger partial charge on any atom is 0.276 e. The van der Waals surface area contributed by atoms with Gasteiger partial charge in [0.05, 0.1) is 16.4 Å². The molecule has 0 saturated carbocycles. The van der Waals surface area contributed by atoms with Crippen molar-refractivity contribution in [3.05, 3.63) is 64.3 Å². The zero-order valence-electron chi connectivity index (χ0n) is 18.6. The lowest BCUT2D eigenvalue weighted by Crippen LogP contribution is -2.27. The number of aromatic amines is 1. The Balaban J connectivity index is 1.45. The van der Waals surface area contributed by atoms with Crippen molar-refractivity contribution in [1.29, 1.82) is 0 Å². The van der Waals surface area contributed by atoms with Crippen LogP contribution in [0.4, 0.5) is 5.69 Å². The van der Waals surface area contributed by atoms with Crippen molar-refractivity contribution < 1.29 is 9.53 Å². The molecule has 0 aliphatic carbocycles. The second kappa shape index (κ2) is 9.15. The molecule has 5 rings (SSSR count). The molecule has 8 nitrogen and oxygen atoms in total. The van der Waals surface area contributed by atoms with Crippen LogP contribution in [-0.4, -0.2) is 32.3 Å². The summed E-state index contributed by atoms with van der Waals surface area (Å²) in [6, 6.07) is 12.7. The van der Waals surface area contributed by atoms with E-state index in [0.717, 1.165) is 55.6 Å². The largest absolute Gasteiger partial charge is 0.370 e. The molecular formula is C25H27N5O3. The van der Waals surface area contributed by atoms with Crippen molar-refractivity contribution in [2.45, 2.75) is 51.7 Å². The highest BCUT2D eigenvalue weighted by Gasteiger charge is 2.21. The van der Waals surface area contributed by atoms with Crippen molar-refractivity contribution in [2.24, 2.45) is 0 Å². The molecule has 1 aliphatic heterocycles. The highest BCUT2D eigenvalue weighted by atomic mass is 16.5. The summed E-state index contributed by atoms with van der Waals surface area (Å²) < 4.78 is 7.13. The number of imidazole rings is 1. The first-order chi connectivity index (χ1) is 16.1. The number of nitrogens with zero attached hydrogens (tertiary/aromatic N) is 3. The van der Waals surface area contributed by atoms with Crippen LogP contribution in [0, 0.1) is 0 Å². The molecule has 1 atom stereocenters. The summed E-state index contributed by atoms with van der Waals surface area (Å²) in [4.78, 5) is 34.0. The number of carbonyl (C=O) groups excluding carboxylic acids is 1. The Morgan fingerprint density at radius 2 is 2.06 bits per heavy atom. The van der Waals surface area contributed by atoms with E-state index in [1.165, 1.54) is 4.68 Å². The number of hydrogen-bond acceptors (Lipinski definition) is 5. The molecule has 0 bridgehead atoms. The van der Waals surface area contributed by atoms with Crippen LogP contribution in [0.2, 0.25) is 0 Å². The van der Waals surface area contributed by atoms with Crippen molar-refractivity contribution >= 4 is 33.4 Å². The number of anilines is 1. The summed E-state index contributed by atoms with van der Waals surface area (Å²) in [5.74, 6) is 0.464. The van der Waals surface area contributed by atoms with Crippen molar-refractivity contribution in [1.82, 2.24) is 19.7 Å². The molecule has 1 unspecified atom stereocenters. The third kappa shape index (κ3) is 4.26. The molecular weight excluding hydrogens is 418 g/mol. The fraction of sp³-hybridized carbons (Fsp3) is 0.360. The molecule has 0 radical (unpaired) electrons. The van der Waals surface area contributed by atoms with Crippen molar-refractivity contribution in [2.75, 3.05) is 11.9 Å². The molecule has 33 heavy (non-hydrogen) atoms. The Kier molecular flexibility index (Phi) is 5.92. The minimum atomic E-state index is -0.353. The van der Waals surface area contributed by atoms with Gasteiger partial charge in [0.1, 0.15) is 11.9 Å². The minimum Gasteiger partial charge on any atom is -0.370 e. The number of unbranched alkanes of at least 4 members (excludes halogenated alkanes) is 2. The number of fused-ring (bicyclic) bond motifs is 2. The topological polar surface area (TPSA) is 102 Å². The summed E-state index contributed by atoms with van der Waals surface area (Å²) in [5, 5.41) is 8.43. The number of benzene rings is 2. The maximum atomic E-state index is 13.2. The Hall–Kier alpha value is -3.52. The molecule has 0 spiro atoms. The van der Waals surface area contributed by atoms with Crippen LogP contribution >= 0.6 is 0 Å². The monoisotopic (exact) mass is 445 g/mol. The molecule has 170 valence electrons. The zero-order valence-corrected chi connectivity index (χ0v) is 18.6. The number of nitrogens with one attached hydrogen (secondary N) is 2. The number of aromatic nitrogens is 4. The van der Waals surface area contributed by atoms with Gasteiger partial charge < -0.3 is 15.0 Å². The van der Waals surface area contributed by atoms with Crippen LogP contribution < -0.4 is 10.9 Å². The van der Waals surface area contributed by atoms with Gasteiger partial charge in [-0.15, -0.1) is 0 Å². The fourth-order valence-corrected chi connectivity index (χ4v) is 4.31. The average Bonchev–Trinajstić information content (AvgIpc) is 3.50. The lowest BCUT2D eigenvalue weighted by Gasteiger charge is -2.11. The smallest absolute Gasteiger partial charge is 0.276 e. The first-order valence-electron chi connectivity index (χ1n) is 11.6. The first kappa shape index (κ1) is 21.3. The standard InChI is InChI=1S/C25H27N5O3/c1-2-3-6-13-30-25(32)18-9-5-4-8-17(18)22(29-30)24(31)26-16-11-12-19-20(15-16)28-23(27-19)21-10-7-14-33-21/h4-5,8-9,11-12,15,21H,2-3,6-7,10,13-14H2,1H3,(H,26,31)(H,27,28). The van der Waals surface area contributed by atoms with E-state index in [4.69, 9.17) is 4.74 Å². The quantitative estimate of drug-likeness (QED) is 0.406. The molecule has 2 N–H and O–H groups in total. The summed E-state index contributed by atoms with van der Waals surface area (Å²) in [5.41, 5.74) is 2.36. The average molecular weight is 446 g/mol. The fourth-order valence-electron chi connectivity index (χ4n) is 4.31. The number of amides is 1. The van der Waals surface area contributed by atoms with Gasteiger partial charge in [-0.3, -0.25) is 9.59 Å². The lowest BCUT2D eigenvalue weighted by atomic mass is 10.1. The van der Waals surface area contributed by atoms with E-state index in [0.29, 0.717) is 23.0 Å². The highest BCUT2D eigenvalue weighted by molar-refractivity contribution is 6.11. The number of rotatable bonds is 7. The summed E-state index contributed by atoms with van der Waals surface area (Å²) >= 11 is 0. The Bertz CT molecular complexity index is 1370. The molecule has 3 heterocycles. The van der Waals surface area contributed by atoms with Crippen LogP contribution in [-0.2, 0) is 11.3 Å². The van der Waals surface area contributed by atoms with E-state index in [1.807, 2.05) is 24.3 Å². The van der Waals surface area contributed by atoms with Crippen molar-refractivity contribution in [3.63, 3.8) is 0 Å². The van der Waals surface area contributed by atoms with Gasteiger partial charge in [-0.05, 0) is 43.5 Å². The molecule has 1 aliphatic rings. The number of ether oxygens (including phenoxy) is 1.